The van der Waals surface area contributed by atoms with E-state index in [0.717, 1.165) is 122 Å². The van der Waals surface area contributed by atoms with Crippen molar-refractivity contribution < 1.29 is 23.8 Å². The van der Waals surface area contributed by atoms with Crippen molar-refractivity contribution in [3.05, 3.63) is 109 Å². The summed E-state index contributed by atoms with van der Waals surface area (Å²) in [5, 5.41) is 0. The molecule has 0 radical (unpaired) electrons. The predicted molar refractivity (Wildman–Crippen MR) is 269 cm³/mol. The van der Waals surface area contributed by atoms with Crippen molar-refractivity contribution in [2.24, 2.45) is 0 Å². The Labute approximate surface area is 383 Å². The Bertz CT molecular complexity index is 1250. The van der Waals surface area contributed by atoms with E-state index in [1.165, 1.54) is 57.8 Å². The molecule has 0 fully saturated rings. The molecule has 0 N–H and O–H groups in total. The molecule has 1 unspecified atom stereocenters. The third kappa shape index (κ3) is 49.2. The first kappa shape index (κ1) is 58.6. The van der Waals surface area contributed by atoms with E-state index in [4.69, 9.17) is 14.2 Å². The summed E-state index contributed by atoms with van der Waals surface area (Å²) in [6.45, 7) is 7.50. The first-order chi connectivity index (χ1) is 30.6. The Morgan fingerprint density at radius 3 is 1.18 bits per heavy atom. The van der Waals surface area contributed by atoms with Gasteiger partial charge >= 0.3 is 11.9 Å². The maximum atomic E-state index is 12.8. The van der Waals surface area contributed by atoms with Gasteiger partial charge in [-0.05, 0) is 116 Å². The lowest BCUT2D eigenvalue weighted by Crippen LogP contribution is -2.30. The Morgan fingerprint density at radius 1 is 0.371 bits per heavy atom. The zero-order valence-corrected chi connectivity index (χ0v) is 40.3. The summed E-state index contributed by atoms with van der Waals surface area (Å²) < 4.78 is 17.3. The lowest BCUT2D eigenvalue weighted by molar-refractivity contribution is -0.163. The second kappa shape index (κ2) is 51.9. The molecule has 0 saturated heterocycles. The van der Waals surface area contributed by atoms with Crippen LogP contribution in [-0.2, 0) is 23.8 Å². The molecule has 0 aromatic rings. The average molecular weight is 859 g/mol. The molecule has 0 aliphatic rings. The van der Waals surface area contributed by atoms with Gasteiger partial charge in [0, 0.05) is 19.4 Å². The summed E-state index contributed by atoms with van der Waals surface area (Å²) in [6.07, 6.45) is 70.9. The number of esters is 2. The molecule has 0 aliphatic carbocycles. The number of ether oxygens (including phenoxy) is 3. The molecular formula is C57H94O5. The van der Waals surface area contributed by atoms with Crippen LogP contribution in [0.1, 0.15) is 213 Å². The second-order valence-electron chi connectivity index (χ2n) is 16.3. The van der Waals surface area contributed by atoms with Gasteiger partial charge in [-0.1, -0.05) is 194 Å². The van der Waals surface area contributed by atoms with E-state index in [0.29, 0.717) is 19.4 Å². The van der Waals surface area contributed by atoms with E-state index in [1.807, 2.05) is 0 Å². The van der Waals surface area contributed by atoms with Crippen molar-refractivity contribution in [2.75, 3.05) is 19.8 Å². The van der Waals surface area contributed by atoms with E-state index in [-0.39, 0.29) is 25.2 Å². The minimum Gasteiger partial charge on any atom is -0.462 e. The van der Waals surface area contributed by atoms with Gasteiger partial charge in [0.25, 0.3) is 0 Å². The molecule has 0 aliphatic heterocycles. The number of carbonyl (C=O) groups excluding carboxylic acids is 2. The summed E-state index contributed by atoms with van der Waals surface area (Å²) in [5.41, 5.74) is 0. The summed E-state index contributed by atoms with van der Waals surface area (Å²) in [4.78, 5) is 25.4. The van der Waals surface area contributed by atoms with Crippen molar-refractivity contribution in [2.45, 2.75) is 219 Å². The molecule has 0 bridgehead atoms. The minimum absolute atomic E-state index is 0.0516. The van der Waals surface area contributed by atoms with Gasteiger partial charge in [-0.2, -0.15) is 0 Å². The van der Waals surface area contributed by atoms with E-state index in [1.54, 1.807) is 0 Å². The minimum atomic E-state index is -0.569. The van der Waals surface area contributed by atoms with Gasteiger partial charge in [-0.15, -0.1) is 0 Å². The highest BCUT2D eigenvalue weighted by molar-refractivity contribution is 5.70. The molecule has 0 amide bonds. The summed E-state index contributed by atoms with van der Waals surface area (Å²) in [6, 6.07) is 0. The lowest BCUT2D eigenvalue weighted by atomic mass is 10.1. The Morgan fingerprint density at radius 2 is 0.726 bits per heavy atom. The van der Waals surface area contributed by atoms with Crippen molar-refractivity contribution in [1.29, 1.82) is 0 Å². The SMILES string of the molecule is CC/C=C\C/C=C\C/C=C\C/C=C\C/C=C\CCCCCC(=O)OCC(COCCCCCCCC/C=C\C/C=C\CCC)OC(=O)CCCCCCC/C=C\C/C=C\CCC. The Balaban J connectivity index is 4.37. The summed E-state index contributed by atoms with van der Waals surface area (Å²) in [7, 11) is 0. The molecule has 0 rings (SSSR count). The third-order valence-electron chi connectivity index (χ3n) is 10.2. The van der Waals surface area contributed by atoms with Crippen molar-refractivity contribution in [3.8, 4) is 0 Å². The van der Waals surface area contributed by atoms with Crippen LogP contribution >= 0.6 is 0 Å². The molecule has 5 heteroatoms. The number of unbranched alkanes of at least 4 members (excludes halogenated alkanes) is 16. The zero-order chi connectivity index (χ0) is 44.9. The fraction of sp³-hybridized carbons (Fsp3) is 0.649. The number of hydrogen-bond acceptors (Lipinski definition) is 5. The molecule has 0 aromatic carbocycles. The number of carbonyl (C=O) groups is 2. The van der Waals surface area contributed by atoms with Crippen LogP contribution in [0.25, 0.3) is 0 Å². The number of allylic oxidation sites excluding steroid dienone is 18. The van der Waals surface area contributed by atoms with Crippen LogP contribution in [0.3, 0.4) is 0 Å². The molecule has 62 heavy (non-hydrogen) atoms. The maximum absolute atomic E-state index is 12.8. The van der Waals surface area contributed by atoms with Crippen molar-refractivity contribution in [3.63, 3.8) is 0 Å². The fourth-order valence-electron chi connectivity index (χ4n) is 6.49. The molecule has 0 spiro atoms. The van der Waals surface area contributed by atoms with Crippen LogP contribution in [-0.4, -0.2) is 37.9 Å². The van der Waals surface area contributed by atoms with Crippen LogP contribution in [0, 0.1) is 0 Å². The Hall–Kier alpha value is -3.44. The average Bonchev–Trinajstić information content (AvgIpc) is 3.27. The number of rotatable bonds is 45. The molecule has 1 atom stereocenters. The van der Waals surface area contributed by atoms with Gasteiger partial charge in [0.05, 0.1) is 6.61 Å². The highest BCUT2D eigenvalue weighted by Crippen LogP contribution is 2.12. The van der Waals surface area contributed by atoms with Crippen molar-refractivity contribution >= 4 is 11.9 Å². The smallest absolute Gasteiger partial charge is 0.306 e. The number of hydrogen-bond donors (Lipinski definition) is 0. The maximum Gasteiger partial charge on any atom is 0.306 e. The lowest BCUT2D eigenvalue weighted by Gasteiger charge is -2.18. The Kier molecular flexibility index (Phi) is 49.0. The molecule has 352 valence electrons. The van der Waals surface area contributed by atoms with Gasteiger partial charge in [-0.3, -0.25) is 9.59 Å². The molecular weight excluding hydrogens is 765 g/mol. The largest absolute Gasteiger partial charge is 0.462 e. The van der Waals surface area contributed by atoms with E-state index in [9.17, 15) is 9.59 Å². The van der Waals surface area contributed by atoms with Crippen molar-refractivity contribution in [1.82, 2.24) is 0 Å². The van der Waals surface area contributed by atoms with Crippen LogP contribution in [0.4, 0.5) is 0 Å². The normalized spacial score (nSPS) is 13.1. The molecule has 0 aromatic heterocycles. The molecule has 0 heterocycles. The highest BCUT2D eigenvalue weighted by atomic mass is 16.6. The van der Waals surface area contributed by atoms with E-state index >= 15 is 0 Å². The van der Waals surface area contributed by atoms with E-state index < -0.39 is 6.10 Å². The van der Waals surface area contributed by atoms with Crippen LogP contribution in [0.15, 0.2) is 109 Å². The topological polar surface area (TPSA) is 61.8 Å². The van der Waals surface area contributed by atoms with Gasteiger partial charge < -0.3 is 14.2 Å². The standard InChI is InChI=1S/C57H94O5/c1-4-7-10-13-16-19-22-25-27-28-29-30-31-33-35-38-41-44-47-50-56(58)61-54-55(53-60-52-49-46-43-40-37-34-26-23-20-17-14-11-8-5-2)62-57(59)51-48-45-42-39-36-32-24-21-18-15-12-9-6-3/h7,10-12,14-16,19-21,23-25,27,29-30,33,35,55H,4-6,8-9,13,17-18,22,26,28,31-32,34,36-54H2,1-3H3/b10-7-,14-11-,15-12-,19-16-,23-20-,24-21-,27-25-,30-29-,35-33-. The van der Waals surface area contributed by atoms with Gasteiger partial charge in [0.1, 0.15) is 6.61 Å². The quantitative estimate of drug-likeness (QED) is 0.0347. The van der Waals surface area contributed by atoms with Crippen LogP contribution in [0.5, 0.6) is 0 Å². The summed E-state index contributed by atoms with van der Waals surface area (Å²) in [5.74, 6) is -0.463. The highest BCUT2D eigenvalue weighted by Gasteiger charge is 2.17. The fourth-order valence-corrected chi connectivity index (χ4v) is 6.49. The predicted octanol–water partition coefficient (Wildman–Crippen LogP) is 17.2. The zero-order valence-electron chi connectivity index (χ0n) is 40.3. The van der Waals surface area contributed by atoms with E-state index in [2.05, 4.69) is 130 Å². The van der Waals surface area contributed by atoms with Crippen LogP contribution in [0.2, 0.25) is 0 Å². The van der Waals surface area contributed by atoms with Gasteiger partial charge in [-0.25, -0.2) is 0 Å². The van der Waals surface area contributed by atoms with Gasteiger partial charge in [0.15, 0.2) is 6.10 Å². The first-order valence-corrected chi connectivity index (χ1v) is 25.4. The monoisotopic (exact) mass is 859 g/mol. The van der Waals surface area contributed by atoms with Crippen LogP contribution < -0.4 is 0 Å². The summed E-state index contributed by atoms with van der Waals surface area (Å²) >= 11 is 0. The molecule has 0 saturated carbocycles. The first-order valence-electron chi connectivity index (χ1n) is 25.4. The second-order valence-corrected chi connectivity index (χ2v) is 16.3. The van der Waals surface area contributed by atoms with Gasteiger partial charge in [0.2, 0.25) is 0 Å². The third-order valence-corrected chi connectivity index (χ3v) is 10.2. The molecule has 5 nitrogen and oxygen atoms in total.